The Balaban J connectivity index is 2.21. The molecule has 9 heteroatoms. The van der Waals surface area contributed by atoms with Crippen molar-refractivity contribution in [2.24, 2.45) is 5.73 Å². The van der Waals surface area contributed by atoms with Crippen molar-refractivity contribution in [2.75, 3.05) is 6.54 Å². The van der Waals surface area contributed by atoms with Crippen molar-refractivity contribution in [1.82, 2.24) is 19.5 Å². The quantitative estimate of drug-likeness (QED) is 0.781. The van der Waals surface area contributed by atoms with Crippen LogP contribution in [-0.2, 0) is 23.1 Å². The topological polar surface area (TPSA) is 103 Å². The number of rotatable bonds is 7. The van der Waals surface area contributed by atoms with Crippen LogP contribution in [0.4, 0.5) is 0 Å². The highest BCUT2D eigenvalue weighted by Gasteiger charge is 2.24. The van der Waals surface area contributed by atoms with E-state index in [0.717, 1.165) is 11.3 Å². The number of hydrogen-bond acceptors (Lipinski definition) is 6. The smallest absolute Gasteiger partial charge is 0.244 e. The molecule has 0 saturated heterocycles. The SMILES string of the molecule is Cc1nn(CCCN)c(C)c1S(=O)(=O)NCc1cncs1. The van der Waals surface area contributed by atoms with Gasteiger partial charge in [-0.3, -0.25) is 9.67 Å². The molecule has 0 aliphatic rings. The average molecular weight is 329 g/mol. The van der Waals surface area contributed by atoms with Crippen molar-refractivity contribution in [1.29, 1.82) is 0 Å². The molecule has 2 rings (SSSR count). The lowest BCUT2D eigenvalue weighted by molar-refractivity contribution is 0.563. The molecule has 0 unspecified atom stereocenters. The van der Waals surface area contributed by atoms with Crippen LogP contribution in [0.5, 0.6) is 0 Å². The molecule has 116 valence electrons. The molecule has 2 heterocycles. The van der Waals surface area contributed by atoms with Crippen LogP contribution in [0.3, 0.4) is 0 Å². The lowest BCUT2D eigenvalue weighted by atomic mass is 10.4. The summed E-state index contributed by atoms with van der Waals surface area (Å²) < 4.78 is 29.2. The van der Waals surface area contributed by atoms with E-state index in [1.165, 1.54) is 11.3 Å². The second-order valence-corrected chi connectivity index (χ2v) is 7.33. The van der Waals surface area contributed by atoms with Crippen LogP contribution < -0.4 is 10.5 Å². The van der Waals surface area contributed by atoms with Crippen LogP contribution in [0.2, 0.25) is 0 Å². The Bertz CT molecular complexity index is 692. The summed E-state index contributed by atoms with van der Waals surface area (Å²) in [4.78, 5) is 5.04. The largest absolute Gasteiger partial charge is 0.330 e. The summed E-state index contributed by atoms with van der Waals surface area (Å²) in [5, 5.41) is 4.29. The van der Waals surface area contributed by atoms with Crippen LogP contribution >= 0.6 is 11.3 Å². The Morgan fingerprint density at radius 3 is 2.81 bits per heavy atom. The van der Waals surface area contributed by atoms with Gasteiger partial charge in [0, 0.05) is 24.2 Å². The molecule has 0 spiro atoms. The highest BCUT2D eigenvalue weighted by molar-refractivity contribution is 7.89. The first-order chi connectivity index (χ1) is 9.95. The molecule has 0 bridgehead atoms. The van der Waals surface area contributed by atoms with Gasteiger partial charge in [0.25, 0.3) is 0 Å². The zero-order valence-corrected chi connectivity index (χ0v) is 13.7. The van der Waals surface area contributed by atoms with Crippen molar-refractivity contribution in [3.63, 3.8) is 0 Å². The number of aromatic nitrogens is 3. The molecule has 0 atom stereocenters. The Morgan fingerprint density at radius 2 is 2.19 bits per heavy atom. The predicted octanol–water partition coefficient (Wildman–Crippen LogP) is 0.784. The summed E-state index contributed by atoms with van der Waals surface area (Å²) in [6.45, 7) is 4.86. The highest BCUT2D eigenvalue weighted by Crippen LogP contribution is 2.20. The highest BCUT2D eigenvalue weighted by atomic mass is 32.2. The molecule has 0 amide bonds. The van der Waals surface area contributed by atoms with Crippen molar-refractivity contribution >= 4 is 21.4 Å². The fraction of sp³-hybridized carbons (Fsp3) is 0.500. The predicted molar refractivity (Wildman–Crippen MR) is 81.5 cm³/mol. The molecule has 3 N–H and O–H groups in total. The molecule has 0 fully saturated rings. The summed E-state index contributed by atoms with van der Waals surface area (Å²) >= 11 is 1.41. The Kier molecular flexibility index (Phi) is 5.09. The first-order valence-electron chi connectivity index (χ1n) is 6.57. The minimum Gasteiger partial charge on any atom is -0.330 e. The minimum atomic E-state index is -3.59. The van der Waals surface area contributed by atoms with Gasteiger partial charge in [0.1, 0.15) is 4.90 Å². The van der Waals surface area contributed by atoms with E-state index in [4.69, 9.17) is 5.73 Å². The maximum Gasteiger partial charge on any atom is 0.244 e. The molecule has 21 heavy (non-hydrogen) atoms. The third-order valence-corrected chi connectivity index (χ3v) is 5.51. The fourth-order valence-electron chi connectivity index (χ4n) is 2.10. The summed E-state index contributed by atoms with van der Waals surface area (Å²) in [5.41, 5.74) is 8.29. The molecule has 0 radical (unpaired) electrons. The van der Waals surface area contributed by atoms with Crippen LogP contribution in [0.15, 0.2) is 16.6 Å². The van der Waals surface area contributed by atoms with E-state index in [1.54, 1.807) is 30.2 Å². The van der Waals surface area contributed by atoms with Crippen molar-refractivity contribution in [3.05, 3.63) is 28.0 Å². The first kappa shape index (κ1) is 16.1. The molecule has 0 aromatic carbocycles. The van der Waals surface area contributed by atoms with Crippen LogP contribution in [0.1, 0.15) is 22.7 Å². The number of hydrogen-bond donors (Lipinski definition) is 2. The van der Waals surface area contributed by atoms with Crippen molar-refractivity contribution < 1.29 is 8.42 Å². The van der Waals surface area contributed by atoms with E-state index in [-0.39, 0.29) is 11.4 Å². The third kappa shape index (κ3) is 3.67. The van der Waals surface area contributed by atoms with Crippen LogP contribution in [0, 0.1) is 13.8 Å². The van der Waals surface area contributed by atoms with Gasteiger partial charge >= 0.3 is 0 Å². The second kappa shape index (κ2) is 6.65. The Hall–Kier alpha value is -1.29. The van der Waals surface area contributed by atoms with Gasteiger partial charge < -0.3 is 5.73 Å². The molecule has 0 aliphatic heterocycles. The van der Waals surface area contributed by atoms with E-state index < -0.39 is 10.0 Å². The van der Waals surface area contributed by atoms with Gasteiger partial charge in [0.05, 0.1) is 16.9 Å². The van der Waals surface area contributed by atoms with E-state index >= 15 is 0 Å². The molecular weight excluding hydrogens is 310 g/mol. The maximum absolute atomic E-state index is 12.5. The summed E-state index contributed by atoms with van der Waals surface area (Å²) in [7, 11) is -3.59. The van der Waals surface area contributed by atoms with Crippen molar-refractivity contribution in [2.45, 2.75) is 38.3 Å². The summed E-state index contributed by atoms with van der Waals surface area (Å²) in [5.74, 6) is 0. The van der Waals surface area contributed by atoms with Gasteiger partial charge in [-0.05, 0) is 26.8 Å². The number of thiazole rings is 1. The lowest BCUT2D eigenvalue weighted by Crippen LogP contribution is -2.24. The standard InChI is InChI=1S/C12H19N5O2S2/c1-9-12(10(2)17(16-9)5-3-4-13)21(18,19)15-7-11-6-14-8-20-11/h6,8,15H,3-5,7,13H2,1-2H3. The molecule has 0 aliphatic carbocycles. The van der Waals surface area contributed by atoms with E-state index in [1.807, 2.05) is 0 Å². The van der Waals surface area contributed by atoms with Gasteiger partial charge in [-0.2, -0.15) is 5.10 Å². The van der Waals surface area contributed by atoms with Crippen LogP contribution in [0.25, 0.3) is 0 Å². The van der Waals surface area contributed by atoms with Crippen molar-refractivity contribution in [3.8, 4) is 0 Å². The van der Waals surface area contributed by atoms with Gasteiger partial charge in [0.15, 0.2) is 0 Å². The number of nitrogens with two attached hydrogens (primary N) is 1. The van der Waals surface area contributed by atoms with E-state index in [9.17, 15) is 8.42 Å². The van der Waals surface area contributed by atoms with Gasteiger partial charge in [-0.15, -0.1) is 11.3 Å². The molecule has 7 nitrogen and oxygen atoms in total. The lowest BCUT2D eigenvalue weighted by Gasteiger charge is -2.07. The number of sulfonamides is 1. The van der Waals surface area contributed by atoms with Gasteiger partial charge in [-0.1, -0.05) is 0 Å². The third-order valence-electron chi connectivity index (χ3n) is 3.08. The molecule has 2 aromatic heterocycles. The maximum atomic E-state index is 12.5. The Labute approximate surface area is 128 Å². The molecule has 2 aromatic rings. The summed E-state index contributed by atoms with van der Waals surface area (Å²) in [6, 6.07) is 0. The van der Waals surface area contributed by atoms with Gasteiger partial charge in [-0.25, -0.2) is 13.1 Å². The normalized spacial score (nSPS) is 12.0. The average Bonchev–Trinajstić information content (AvgIpc) is 3.03. The molecule has 0 saturated carbocycles. The Morgan fingerprint density at radius 1 is 1.43 bits per heavy atom. The fourth-order valence-corrected chi connectivity index (χ4v) is 4.14. The summed E-state index contributed by atoms with van der Waals surface area (Å²) in [6.07, 6.45) is 2.41. The van der Waals surface area contributed by atoms with Crippen LogP contribution in [-0.4, -0.2) is 29.7 Å². The number of nitrogens with one attached hydrogen (secondary N) is 1. The van der Waals surface area contributed by atoms with E-state index in [2.05, 4.69) is 14.8 Å². The molecular formula is C12H19N5O2S2. The zero-order valence-electron chi connectivity index (χ0n) is 12.0. The van der Waals surface area contributed by atoms with E-state index in [0.29, 0.717) is 24.5 Å². The number of nitrogens with zero attached hydrogens (tertiary/aromatic N) is 3. The monoisotopic (exact) mass is 329 g/mol. The minimum absolute atomic E-state index is 0.236. The van der Waals surface area contributed by atoms with Gasteiger partial charge in [0.2, 0.25) is 10.0 Å². The second-order valence-electron chi connectivity index (χ2n) is 4.66. The number of aryl methyl sites for hydroxylation is 2. The zero-order chi connectivity index (χ0) is 15.5. The first-order valence-corrected chi connectivity index (χ1v) is 8.93.